The highest BCUT2D eigenvalue weighted by molar-refractivity contribution is 14.1. The molecule has 0 unspecified atom stereocenters. The van der Waals surface area contributed by atoms with Gasteiger partial charge in [-0.1, -0.05) is 0 Å². The van der Waals surface area contributed by atoms with Crippen molar-refractivity contribution in [2.45, 2.75) is 31.2 Å². The number of hydrogen-bond donors (Lipinski definition) is 0. The first-order valence-corrected chi connectivity index (χ1v) is 7.50. The molecule has 0 aromatic heterocycles. The molecule has 0 bridgehead atoms. The van der Waals surface area contributed by atoms with Gasteiger partial charge in [-0.3, -0.25) is 4.90 Å². The molecule has 2 nitrogen and oxygen atoms in total. The quantitative estimate of drug-likeness (QED) is 0.778. The molecule has 3 heteroatoms. The van der Waals surface area contributed by atoms with E-state index < -0.39 is 0 Å². The van der Waals surface area contributed by atoms with Crippen LogP contribution in [0.25, 0.3) is 0 Å². The Balaban J connectivity index is 1.58. The standard InChI is InChI=1S/C14H18INO/c15-12-3-5-13(6-4-12)17-11-14(7-8-14)16-9-1-2-10-16/h3-6H,1-2,7-11H2. The molecule has 0 amide bonds. The second kappa shape index (κ2) is 4.76. The zero-order valence-electron chi connectivity index (χ0n) is 9.99. The van der Waals surface area contributed by atoms with E-state index in [1.165, 1.54) is 42.3 Å². The molecule has 0 radical (unpaired) electrons. The second-order valence-electron chi connectivity index (χ2n) is 5.16. The van der Waals surface area contributed by atoms with E-state index in [1.54, 1.807) is 0 Å². The number of rotatable bonds is 4. The number of hydrogen-bond acceptors (Lipinski definition) is 2. The molecule has 92 valence electrons. The summed E-state index contributed by atoms with van der Waals surface area (Å²) in [5, 5.41) is 0. The third-order valence-corrected chi connectivity index (χ3v) is 4.64. The number of halogens is 1. The molecule has 2 aliphatic rings. The van der Waals surface area contributed by atoms with E-state index in [0.717, 1.165) is 12.4 Å². The number of nitrogens with zero attached hydrogens (tertiary/aromatic N) is 1. The van der Waals surface area contributed by atoms with Crippen LogP contribution in [0, 0.1) is 3.57 Å². The number of benzene rings is 1. The third-order valence-electron chi connectivity index (χ3n) is 3.93. The lowest BCUT2D eigenvalue weighted by Crippen LogP contribution is -2.39. The highest BCUT2D eigenvalue weighted by Crippen LogP contribution is 2.43. The molecule has 0 spiro atoms. The Hall–Kier alpha value is -0.290. The zero-order valence-corrected chi connectivity index (χ0v) is 12.2. The summed E-state index contributed by atoms with van der Waals surface area (Å²) in [6.45, 7) is 3.42. The molecule has 1 aliphatic carbocycles. The first-order chi connectivity index (χ1) is 8.28. The molecule has 1 aromatic carbocycles. The summed E-state index contributed by atoms with van der Waals surface area (Å²) in [5.41, 5.74) is 0.388. The average molecular weight is 343 g/mol. The molecule has 0 N–H and O–H groups in total. The van der Waals surface area contributed by atoms with Crippen molar-refractivity contribution in [1.82, 2.24) is 4.90 Å². The normalized spacial score (nSPS) is 22.6. The lowest BCUT2D eigenvalue weighted by molar-refractivity contribution is 0.141. The first-order valence-electron chi connectivity index (χ1n) is 6.42. The van der Waals surface area contributed by atoms with Crippen LogP contribution >= 0.6 is 22.6 Å². The summed E-state index contributed by atoms with van der Waals surface area (Å²) in [5.74, 6) is 1.01. The van der Waals surface area contributed by atoms with Gasteiger partial charge in [0.25, 0.3) is 0 Å². The number of ether oxygens (including phenoxy) is 1. The van der Waals surface area contributed by atoms with Gasteiger partial charge in [0, 0.05) is 3.57 Å². The molecular weight excluding hydrogens is 325 g/mol. The van der Waals surface area contributed by atoms with Gasteiger partial charge >= 0.3 is 0 Å². The van der Waals surface area contributed by atoms with Crippen LogP contribution in [0.1, 0.15) is 25.7 Å². The van der Waals surface area contributed by atoms with E-state index in [-0.39, 0.29) is 0 Å². The van der Waals surface area contributed by atoms with Gasteiger partial charge in [-0.15, -0.1) is 0 Å². The van der Waals surface area contributed by atoms with Crippen LogP contribution in [0.4, 0.5) is 0 Å². The van der Waals surface area contributed by atoms with Crippen molar-refractivity contribution in [2.75, 3.05) is 19.7 Å². The highest BCUT2D eigenvalue weighted by atomic mass is 127. The largest absolute Gasteiger partial charge is 0.492 e. The van der Waals surface area contributed by atoms with Gasteiger partial charge in [-0.25, -0.2) is 0 Å². The fourth-order valence-electron chi connectivity index (χ4n) is 2.64. The number of likely N-dealkylation sites (tertiary alicyclic amines) is 1. The van der Waals surface area contributed by atoms with Gasteiger partial charge in [-0.2, -0.15) is 0 Å². The van der Waals surface area contributed by atoms with Crippen molar-refractivity contribution in [1.29, 1.82) is 0 Å². The average Bonchev–Trinajstić information content (AvgIpc) is 2.93. The summed E-state index contributed by atoms with van der Waals surface area (Å²) >= 11 is 2.32. The Morgan fingerprint density at radius 1 is 1.12 bits per heavy atom. The minimum atomic E-state index is 0.388. The minimum absolute atomic E-state index is 0.388. The maximum absolute atomic E-state index is 5.96. The molecular formula is C14H18INO. The Kier molecular flexibility index (Phi) is 3.30. The molecule has 1 saturated heterocycles. The zero-order chi connectivity index (χ0) is 11.7. The van der Waals surface area contributed by atoms with Crippen LogP contribution in [0.5, 0.6) is 5.75 Å². The van der Waals surface area contributed by atoms with Crippen LogP contribution in [0.3, 0.4) is 0 Å². The van der Waals surface area contributed by atoms with E-state index in [9.17, 15) is 0 Å². The van der Waals surface area contributed by atoms with Gasteiger partial charge in [-0.05, 0) is 85.6 Å². The smallest absolute Gasteiger partial charge is 0.119 e. The van der Waals surface area contributed by atoms with E-state index in [0.29, 0.717) is 5.54 Å². The SMILES string of the molecule is Ic1ccc(OCC2(N3CCCC3)CC2)cc1. The maximum Gasteiger partial charge on any atom is 0.119 e. The fourth-order valence-corrected chi connectivity index (χ4v) is 3.00. The van der Waals surface area contributed by atoms with Gasteiger partial charge in [0.15, 0.2) is 0 Å². The monoisotopic (exact) mass is 343 g/mol. The Morgan fingerprint density at radius 2 is 1.76 bits per heavy atom. The summed E-state index contributed by atoms with van der Waals surface area (Å²) in [4.78, 5) is 2.64. The summed E-state index contributed by atoms with van der Waals surface area (Å²) in [6.07, 6.45) is 5.37. The summed E-state index contributed by atoms with van der Waals surface area (Å²) in [6, 6.07) is 8.35. The molecule has 1 saturated carbocycles. The maximum atomic E-state index is 5.96. The van der Waals surface area contributed by atoms with Crippen LogP contribution in [-0.4, -0.2) is 30.1 Å². The predicted octanol–water partition coefficient (Wildman–Crippen LogP) is 3.30. The van der Waals surface area contributed by atoms with Crippen molar-refractivity contribution in [3.63, 3.8) is 0 Å². The Bertz CT molecular complexity index is 380. The van der Waals surface area contributed by atoms with Gasteiger partial charge < -0.3 is 4.74 Å². The fraction of sp³-hybridized carbons (Fsp3) is 0.571. The van der Waals surface area contributed by atoms with Crippen LogP contribution < -0.4 is 4.74 Å². The Labute approximate surface area is 116 Å². The molecule has 2 fully saturated rings. The van der Waals surface area contributed by atoms with Crippen LogP contribution in [0.2, 0.25) is 0 Å². The molecule has 3 rings (SSSR count). The van der Waals surface area contributed by atoms with Crippen LogP contribution in [-0.2, 0) is 0 Å². The summed E-state index contributed by atoms with van der Waals surface area (Å²) < 4.78 is 7.22. The molecule has 1 heterocycles. The highest BCUT2D eigenvalue weighted by Gasteiger charge is 2.49. The molecule has 17 heavy (non-hydrogen) atoms. The second-order valence-corrected chi connectivity index (χ2v) is 6.41. The van der Waals surface area contributed by atoms with Crippen molar-refractivity contribution in [2.24, 2.45) is 0 Å². The van der Waals surface area contributed by atoms with Gasteiger partial charge in [0.05, 0.1) is 5.54 Å². The van der Waals surface area contributed by atoms with Crippen molar-refractivity contribution in [3.8, 4) is 5.75 Å². The van der Waals surface area contributed by atoms with Gasteiger partial charge in [0.2, 0.25) is 0 Å². The minimum Gasteiger partial charge on any atom is -0.492 e. The lowest BCUT2D eigenvalue weighted by Gasteiger charge is -2.27. The topological polar surface area (TPSA) is 12.5 Å². The van der Waals surface area contributed by atoms with Crippen molar-refractivity contribution < 1.29 is 4.74 Å². The predicted molar refractivity (Wildman–Crippen MR) is 77.4 cm³/mol. The van der Waals surface area contributed by atoms with Crippen molar-refractivity contribution in [3.05, 3.63) is 27.8 Å². The van der Waals surface area contributed by atoms with E-state index in [4.69, 9.17) is 4.74 Å². The molecule has 1 aliphatic heterocycles. The van der Waals surface area contributed by atoms with Crippen molar-refractivity contribution >= 4 is 22.6 Å². The third kappa shape index (κ3) is 2.60. The van der Waals surface area contributed by atoms with E-state index in [2.05, 4.69) is 51.8 Å². The Morgan fingerprint density at radius 3 is 2.35 bits per heavy atom. The van der Waals surface area contributed by atoms with E-state index >= 15 is 0 Å². The van der Waals surface area contributed by atoms with E-state index in [1.807, 2.05) is 0 Å². The lowest BCUT2D eigenvalue weighted by atomic mass is 10.2. The van der Waals surface area contributed by atoms with Crippen LogP contribution in [0.15, 0.2) is 24.3 Å². The summed E-state index contributed by atoms with van der Waals surface area (Å²) in [7, 11) is 0. The molecule has 1 aromatic rings. The first kappa shape index (κ1) is 11.8. The molecule has 0 atom stereocenters. The van der Waals surface area contributed by atoms with Gasteiger partial charge in [0.1, 0.15) is 12.4 Å².